The molecule has 0 aromatic carbocycles. The highest BCUT2D eigenvalue weighted by Gasteiger charge is 2.55. The Labute approximate surface area is 232 Å². The number of carbonyl (C=O) groups excluding carboxylic acids is 4. The Hall–Kier alpha value is -3.21. The molecule has 3 aliphatic heterocycles. The number of nitrogens with one attached hydrogen (secondary N) is 1. The van der Waals surface area contributed by atoms with Gasteiger partial charge in [-0.25, -0.2) is 9.78 Å². The van der Waals surface area contributed by atoms with Crippen LogP contribution in [0.2, 0.25) is 0 Å². The van der Waals surface area contributed by atoms with Crippen LogP contribution in [0.1, 0.15) is 32.9 Å². The Balaban J connectivity index is 1.52. The highest BCUT2D eigenvalue weighted by molar-refractivity contribution is 8.00. The summed E-state index contributed by atoms with van der Waals surface area (Å²) in [5, 5.41) is 9.26. The van der Waals surface area contributed by atoms with E-state index in [4.69, 9.17) is 24.9 Å². The molecule has 4 rings (SSSR count). The Morgan fingerprint density at radius 3 is 2.64 bits per heavy atom. The van der Waals surface area contributed by atoms with E-state index in [2.05, 4.69) is 15.5 Å². The van der Waals surface area contributed by atoms with Gasteiger partial charge < -0.3 is 25.4 Å². The van der Waals surface area contributed by atoms with E-state index < -0.39 is 53.5 Å². The van der Waals surface area contributed by atoms with Gasteiger partial charge in [-0.2, -0.15) is 5.06 Å². The van der Waals surface area contributed by atoms with Crippen LogP contribution in [-0.2, 0) is 38.3 Å². The zero-order valence-electron chi connectivity index (χ0n) is 22.1. The Morgan fingerprint density at radius 2 is 2.05 bits per heavy atom. The van der Waals surface area contributed by atoms with Crippen molar-refractivity contribution in [2.45, 2.75) is 44.7 Å². The van der Waals surface area contributed by atoms with Crippen molar-refractivity contribution >= 4 is 57.7 Å². The zero-order chi connectivity index (χ0) is 28.5. The summed E-state index contributed by atoms with van der Waals surface area (Å²) in [4.78, 5) is 67.6. The maximum Gasteiger partial charge on any atom is 0.358 e. The van der Waals surface area contributed by atoms with Crippen molar-refractivity contribution in [2.24, 2.45) is 10.6 Å². The summed E-state index contributed by atoms with van der Waals surface area (Å²) >= 11 is 2.50. The molecule has 3 N–H and O–H groups in total. The molecule has 2 saturated heterocycles. The number of nitrogens with two attached hydrogens (primary N) is 1. The summed E-state index contributed by atoms with van der Waals surface area (Å²) in [6.07, 6.45) is 0.183. The number of hydrogen-bond acceptors (Lipinski definition) is 14. The molecule has 39 heavy (non-hydrogen) atoms. The van der Waals surface area contributed by atoms with E-state index in [1.165, 1.54) is 23.8 Å². The van der Waals surface area contributed by atoms with Gasteiger partial charge >= 0.3 is 11.9 Å². The summed E-state index contributed by atoms with van der Waals surface area (Å²) in [5.74, 6) is -2.21. The van der Waals surface area contributed by atoms with Gasteiger partial charge in [0.25, 0.3) is 11.8 Å². The number of nitrogens with zero attached hydrogens (tertiary/aromatic N) is 4. The van der Waals surface area contributed by atoms with Crippen molar-refractivity contribution in [2.75, 3.05) is 39.0 Å². The molecule has 0 radical (unpaired) electrons. The van der Waals surface area contributed by atoms with Crippen molar-refractivity contribution in [1.82, 2.24) is 20.3 Å². The van der Waals surface area contributed by atoms with Crippen LogP contribution in [0.15, 0.2) is 21.8 Å². The minimum absolute atomic E-state index is 0.0272. The average molecular weight is 583 g/mol. The predicted octanol–water partition coefficient (Wildman–Crippen LogP) is 0.456. The number of rotatable bonds is 8. The minimum Gasteiger partial charge on any atom is -0.427 e. The fourth-order valence-electron chi connectivity index (χ4n) is 4.06. The average Bonchev–Trinajstić information content (AvgIpc) is 3.51. The fourth-order valence-corrected chi connectivity index (χ4v) is 6.02. The van der Waals surface area contributed by atoms with Crippen molar-refractivity contribution in [3.63, 3.8) is 0 Å². The largest absolute Gasteiger partial charge is 0.427 e. The van der Waals surface area contributed by atoms with Crippen LogP contribution >= 0.6 is 23.1 Å². The number of ether oxygens (including phenoxy) is 2. The van der Waals surface area contributed by atoms with Gasteiger partial charge in [-0.1, -0.05) is 5.16 Å². The first kappa shape index (κ1) is 28.8. The van der Waals surface area contributed by atoms with Gasteiger partial charge in [0.05, 0.1) is 5.41 Å². The number of fused-ring (bicyclic) bond motifs is 1. The maximum atomic E-state index is 13.3. The molecular formula is C23H30N6O8S2. The van der Waals surface area contributed by atoms with Gasteiger partial charge in [-0.15, -0.1) is 23.1 Å². The monoisotopic (exact) mass is 582 g/mol. The van der Waals surface area contributed by atoms with E-state index in [9.17, 15) is 19.2 Å². The van der Waals surface area contributed by atoms with Gasteiger partial charge in [0.2, 0.25) is 6.79 Å². The van der Waals surface area contributed by atoms with Crippen LogP contribution in [0.4, 0.5) is 5.13 Å². The molecule has 212 valence electrons. The molecule has 16 heteroatoms. The van der Waals surface area contributed by atoms with Gasteiger partial charge in [0, 0.05) is 30.3 Å². The molecular weight excluding hydrogens is 552 g/mol. The number of carbonyl (C=O) groups is 4. The Kier molecular flexibility index (Phi) is 8.48. The van der Waals surface area contributed by atoms with Gasteiger partial charge in [0.1, 0.15) is 36.0 Å². The number of amides is 2. The number of oxime groups is 1. The number of hydrogen-bond donors (Lipinski definition) is 2. The molecule has 1 aromatic heterocycles. The van der Waals surface area contributed by atoms with E-state index in [0.717, 1.165) is 11.3 Å². The van der Waals surface area contributed by atoms with Gasteiger partial charge in [-0.05, 0) is 27.2 Å². The smallest absolute Gasteiger partial charge is 0.358 e. The number of nitrogen functional groups attached to an aromatic ring is 1. The van der Waals surface area contributed by atoms with Crippen molar-refractivity contribution in [3.8, 4) is 0 Å². The second kappa shape index (κ2) is 11.5. The third-order valence-electron chi connectivity index (χ3n) is 6.03. The van der Waals surface area contributed by atoms with Crippen LogP contribution in [0.5, 0.6) is 0 Å². The van der Waals surface area contributed by atoms with Crippen LogP contribution in [0.3, 0.4) is 0 Å². The van der Waals surface area contributed by atoms with Crippen molar-refractivity contribution in [3.05, 3.63) is 22.3 Å². The normalized spacial score (nSPS) is 23.7. The number of aromatic nitrogens is 1. The molecule has 2 amide bonds. The highest BCUT2D eigenvalue weighted by atomic mass is 32.2. The van der Waals surface area contributed by atoms with Crippen LogP contribution in [-0.4, -0.2) is 95.2 Å². The van der Waals surface area contributed by atoms with Crippen LogP contribution in [0.25, 0.3) is 0 Å². The fraction of sp³-hybridized carbons (Fsp3) is 0.565. The summed E-state index contributed by atoms with van der Waals surface area (Å²) in [6.45, 7) is 5.06. The molecule has 0 unspecified atom stereocenters. The summed E-state index contributed by atoms with van der Waals surface area (Å²) in [7, 11) is 3.06. The molecule has 2 fully saturated rings. The first-order chi connectivity index (χ1) is 18.4. The first-order valence-electron chi connectivity index (χ1n) is 12.0. The second-order valence-corrected chi connectivity index (χ2v) is 11.9. The Bertz CT molecular complexity index is 1230. The molecule has 14 nitrogen and oxygen atoms in total. The molecule has 0 spiro atoms. The number of hydroxylamine groups is 2. The number of β-lactam (4-membered cyclic amide) rings is 1. The lowest BCUT2D eigenvalue weighted by Crippen LogP contribution is -2.71. The van der Waals surface area contributed by atoms with E-state index >= 15 is 0 Å². The van der Waals surface area contributed by atoms with E-state index in [0.29, 0.717) is 24.3 Å². The summed E-state index contributed by atoms with van der Waals surface area (Å²) in [6, 6.07) is -0.948. The minimum atomic E-state index is -0.948. The molecule has 1 aromatic rings. The lowest BCUT2D eigenvalue weighted by molar-refractivity contribution is -0.173. The van der Waals surface area contributed by atoms with Crippen molar-refractivity contribution in [1.29, 1.82) is 0 Å². The third-order valence-corrected chi connectivity index (χ3v) is 8.01. The second-order valence-electron chi connectivity index (χ2n) is 9.89. The lowest BCUT2D eigenvalue weighted by atomic mass is 9.98. The number of anilines is 1. The number of thiazole rings is 1. The lowest BCUT2D eigenvalue weighted by Gasteiger charge is -2.50. The first-order valence-corrected chi connectivity index (χ1v) is 13.9. The quantitative estimate of drug-likeness (QED) is 0.143. The van der Waals surface area contributed by atoms with E-state index in [1.54, 1.807) is 38.3 Å². The van der Waals surface area contributed by atoms with E-state index in [-0.39, 0.29) is 22.2 Å². The highest BCUT2D eigenvalue weighted by Crippen LogP contribution is 2.43. The topological polar surface area (TPSA) is 175 Å². The molecule has 3 atom stereocenters. The van der Waals surface area contributed by atoms with Gasteiger partial charge in [0.15, 0.2) is 10.8 Å². The standard InChI is InChI=1S/C23H30N6O8S2/c1-23(2,3)21(33)36-10-35-20(32)16-11(13-6-7-28(4)37-13)8-38-19-15(18(31)29(16)19)26-17(30)14(27-34-5)12-9-39-22(24)25-12/h9,13,15,19H,6-8,10H2,1-5H3,(H2,24,25)(H,26,30)/b27-14-/t13-,15+,19+/m0/s1. The number of thioether (sulfide) groups is 1. The molecule has 4 heterocycles. The summed E-state index contributed by atoms with van der Waals surface area (Å²) < 4.78 is 10.3. The SMILES string of the molecule is CO/N=C(\C(=O)N[C@@H]1C(=O)N2C(C(=O)OCOC(=O)C(C)(C)C)=C([C@@H]3CCN(C)O3)CS[C@H]12)c1csc(N)n1. The van der Waals surface area contributed by atoms with Crippen LogP contribution < -0.4 is 11.1 Å². The van der Waals surface area contributed by atoms with E-state index in [1.807, 2.05) is 0 Å². The van der Waals surface area contributed by atoms with Crippen LogP contribution in [0, 0.1) is 5.41 Å². The molecule has 0 bridgehead atoms. The predicted molar refractivity (Wildman–Crippen MR) is 141 cm³/mol. The van der Waals surface area contributed by atoms with Gasteiger partial charge in [-0.3, -0.25) is 24.1 Å². The van der Waals surface area contributed by atoms with Crippen molar-refractivity contribution < 1.29 is 38.3 Å². The Morgan fingerprint density at radius 1 is 1.31 bits per heavy atom. The zero-order valence-corrected chi connectivity index (χ0v) is 23.7. The molecule has 3 aliphatic rings. The summed E-state index contributed by atoms with van der Waals surface area (Å²) in [5.41, 5.74) is 5.58. The molecule has 0 saturated carbocycles. The third kappa shape index (κ3) is 6.03. The maximum absolute atomic E-state index is 13.3. The number of esters is 2. The molecule has 0 aliphatic carbocycles.